The van der Waals surface area contributed by atoms with Gasteiger partial charge in [-0.05, 0) is 11.6 Å². The van der Waals surface area contributed by atoms with E-state index in [-0.39, 0.29) is 5.91 Å². The molecule has 1 N–H and O–H groups in total. The van der Waals surface area contributed by atoms with Gasteiger partial charge in [0.05, 0.1) is 0 Å². The van der Waals surface area contributed by atoms with E-state index in [2.05, 4.69) is 20.3 Å². The van der Waals surface area contributed by atoms with E-state index in [0.717, 1.165) is 16.8 Å². The molecule has 6 heteroatoms. The second kappa shape index (κ2) is 6.52. The van der Waals surface area contributed by atoms with E-state index in [4.69, 9.17) is 0 Å². The van der Waals surface area contributed by atoms with Gasteiger partial charge in [-0.1, -0.05) is 36.4 Å². The first-order valence-corrected chi connectivity index (χ1v) is 7.87. The predicted octanol–water partition coefficient (Wildman–Crippen LogP) is 2.72. The molecule has 0 aliphatic rings. The third kappa shape index (κ3) is 3.10. The fourth-order valence-corrected chi connectivity index (χ4v) is 2.60. The van der Waals surface area contributed by atoms with Gasteiger partial charge in [-0.2, -0.15) is 0 Å². The maximum atomic E-state index is 12.4. The summed E-state index contributed by atoms with van der Waals surface area (Å²) in [5, 5.41) is 2.86. The number of amides is 1. The van der Waals surface area contributed by atoms with Gasteiger partial charge in [0.15, 0.2) is 5.65 Å². The second-order valence-corrected chi connectivity index (χ2v) is 5.54. The van der Waals surface area contributed by atoms with E-state index in [0.29, 0.717) is 17.9 Å². The second-order valence-electron chi connectivity index (χ2n) is 5.54. The number of carbonyl (C=O) groups is 1. The number of hydrogen-bond donors (Lipinski definition) is 1. The molecule has 0 saturated carbocycles. The molecule has 0 aliphatic heterocycles. The summed E-state index contributed by atoms with van der Waals surface area (Å²) in [7, 11) is 0. The van der Waals surface area contributed by atoms with Crippen molar-refractivity contribution in [2.45, 2.75) is 6.54 Å². The van der Waals surface area contributed by atoms with Crippen LogP contribution in [0.5, 0.6) is 0 Å². The number of aromatic nitrogens is 4. The Kier molecular flexibility index (Phi) is 3.92. The third-order valence-electron chi connectivity index (χ3n) is 3.83. The first-order valence-electron chi connectivity index (χ1n) is 7.87. The van der Waals surface area contributed by atoms with Crippen molar-refractivity contribution in [2.75, 3.05) is 0 Å². The molecular weight excluding hydrogens is 314 g/mol. The van der Waals surface area contributed by atoms with Crippen molar-refractivity contribution in [3.8, 4) is 11.3 Å². The fraction of sp³-hybridized carbons (Fsp3) is 0.0526. The topological polar surface area (TPSA) is 72.2 Å². The minimum absolute atomic E-state index is 0.230. The lowest BCUT2D eigenvalue weighted by Gasteiger charge is -2.02. The highest BCUT2D eigenvalue weighted by Gasteiger charge is 2.14. The van der Waals surface area contributed by atoms with Crippen LogP contribution in [0.15, 0.2) is 73.4 Å². The minimum Gasteiger partial charge on any atom is -0.347 e. The van der Waals surface area contributed by atoms with Gasteiger partial charge < -0.3 is 9.72 Å². The quantitative estimate of drug-likeness (QED) is 0.625. The molecule has 122 valence electrons. The molecule has 0 unspecified atom stereocenters. The molecule has 4 rings (SSSR count). The van der Waals surface area contributed by atoms with Crippen LogP contribution in [0.2, 0.25) is 0 Å². The van der Waals surface area contributed by atoms with Crippen LogP contribution in [0.25, 0.3) is 16.9 Å². The van der Waals surface area contributed by atoms with Gasteiger partial charge in [-0.3, -0.25) is 14.8 Å². The molecule has 0 fully saturated rings. The van der Waals surface area contributed by atoms with Crippen molar-refractivity contribution >= 4 is 11.6 Å². The lowest BCUT2D eigenvalue weighted by Crippen LogP contribution is -2.23. The Morgan fingerprint density at radius 2 is 1.96 bits per heavy atom. The predicted molar refractivity (Wildman–Crippen MR) is 93.8 cm³/mol. The number of nitrogens with zero attached hydrogens (tertiary/aromatic N) is 4. The van der Waals surface area contributed by atoms with E-state index in [1.54, 1.807) is 31.0 Å². The first kappa shape index (κ1) is 15.0. The smallest absolute Gasteiger partial charge is 0.271 e. The van der Waals surface area contributed by atoms with Crippen molar-refractivity contribution in [3.63, 3.8) is 0 Å². The third-order valence-corrected chi connectivity index (χ3v) is 3.83. The number of carbonyl (C=O) groups excluding carboxylic acids is 1. The average Bonchev–Trinajstić information content (AvgIpc) is 3.12. The molecule has 0 bridgehead atoms. The van der Waals surface area contributed by atoms with Gasteiger partial charge in [0.25, 0.3) is 5.91 Å². The number of rotatable bonds is 4. The number of pyridine rings is 1. The van der Waals surface area contributed by atoms with Gasteiger partial charge in [0.1, 0.15) is 11.4 Å². The van der Waals surface area contributed by atoms with E-state index in [9.17, 15) is 4.79 Å². The van der Waals surface area contributed by atoms with Crippen LogP contribution in [-0.4, -0.2) is 25.3 Å². The number of hydrogen-bond acceptors (Lipinski definition) is 4. The van der Waals surface area contributed by atoms with E-state index in [1.807, 2.05) is 46.9 Å². The molecule has 3 aromatic heterocycles. The van der Waals surface area contributed by atoms with Gasteiger partial charge in [0, 0.05) is 43.1 Å². The average molecular weight is 329 g/mol. The molecule has 0 atom stereocenters. The van der Waals surface area contributed by atoms with Gasteiger partial charge >= 0.3 is 0 Å². The molecule has 4 aromatic rings. The summed E-state index contributed by atoms with van der Waals surface area (Å²) in [4.78, 5) is 25.3. The van der Waals surface area contributed by atoms with Crippen molar-refractivity contribution < 1.29 is 4.79 Å². The monoisotopic (exact) mass is 329 g/mol. The van der Waals surface area contributed by atoms with Crippen molar-refractivity contribution in [1.29, 1.82) is 0 Å². The molecular formula is C19H15N5O. The molecule has 3 heterocycles. The van der Waals surface area contributed by atoms with Crippen LogP contribution < -0.4 is 5.32 Å². The first-order chi connectivity index (χ1) is 12.3. The lowest BCUT2D eigenvalue weighted by atomic mass is 10.1. The molecule has 1 aromatic carbocycles. The molecule has 1 amide bonds. The molecule has 0 saturated heterocycles. The number of imidazole rings is 1. The van der Waals surface area contributed by atoms with Crippen LogP contribution >= 0.6 is 0 Å². The van der Waals surface area contributed by atoms with Crippen LogP contribution in [0, 0.1) is 0 Å². The Hall–Kier alpha value is -3.54. The van der Waals surface area contributed by atoms with Crippen LogP contribution in [0.4, 0.5) is 0 Å². The summed E-state index contributed by atoms with van der Waals surface area (Å²) in [5.74, 6) is -0.230. The Labute approximate surface area is 144 Å². The maximum Gasteiger partial charge on any atom is 0.271 e. The zero-order chi connectivity index (χ0) is 17.1. The minimum atomic E-state index is -0.230. The van der Waals surface area contributed by atoms with Crippen LogP contribution in [0.3, 0.4) is 0 Å². The highest BCUT2D eigenvalue weighted by Crippen LogP contribution is 2.21. The van der Waals surface area contributed by atoms with Gasteiger partial charge in [-0.15, -0.1) is 0 Å². The summed E-state index contributed by atoms with van der Waals surface area (Å²) in [6, 6.07) is 13.5. The van der Waals surface area contributed by atoms with Gasteiger partial charge in [0.2, 0.25) is 0 Å². The van der Waals surface area contributed by atoms with Crippen molar-refractivity contribution in [2.24, 2.45) is 0 Å². The maximum absolute atomic E-state index is 12.4. The summed E-state index contributed by atoms with van der Waals surface area (Å²) >= 11 is 0. The fourth-order valence-electron chi connectivity index (χ4n) is 2.60. The molecule has 0 aliphatic carbocycles. The Bertz CT molecular complexity index is 1010. The number of benzene rings is 1. The normalized spacial score (nSPS) is 10.7. The van der Waals surface area contributed by atoms with Crippen LogP contribution in [0.1, 0.15) is 16.1 Å². The molecule has 0 spiro atoms. The Morgan fingerprint density at radius 1 is 1.08 bits per heavy atom. The summed E-state index contributed by atoms with van der Waals surface area (Å²) in [6.07, 6.45) is 8.62. The van der Waals surface area contributed by atoms with Crippen molar-refractivity contribution in [1.82, 2.24) is 24.7 Å². The van der Waals surface area contributed by atoms with E-state index in [1.165, 1.54) is 0 Å². The lowest BCUT2D eigenvalue weighted by molar-refractivity contribution is 0.0946. The van der Waals surface area contributed by atoms with E-state index < -0.39 is 0 Å². The number of fused-ring (bicyclic) bond motifs is 1. The summed E-state index contributed by atoms with van der Waals surface area (Å²) < 4.78 is 1.81. The molecule has 6 nitrogen and oxygen atoms in total. The van der Waals surface area contributed by atoms with Gasteiger partial charge in [-0.25, -0.2) is 4.98 Å². The van der Waals surface area contributed by atoms with E-state index >= 15 is 0 Å². The van der Waals surface area contributed by atoms with Crippen molar-refractivity contribution in [3.05, 3.63) is 84.7 Å². The SMILES string of the molecule is O=C(NCc1cccnc1)c1cn2ccnc(-c3ccccc3)c2n1. The Morgan fingerprint density at radius 3 is 2.76 bits per heavy atom. The standard InChI is InChI=1S/C19H15N5O/c25-19(22-12-14-5-4-8-20-11-14)16-13-24-10-9-21-17(18(24)23-16)15-6-2-1-3-7-15/h1-11,13H,12H2,(H,22,25). The summed E-state index contributed by atoms with van der Waals surface area (Å²) in [6.45, 7) is 0.407. The zero-order valence-corrected chi connectivity index (χ0v) is 13.3. The zero-order valence-electron chi connectivity index (χ0n) is 13.3. The largest absolute Gasteiger partial charge is 0.347 e. The van der Waals surface area contributed by atoms with Crippen LogP contribution in [-0.2, 0) is 6.54 Å². The number of nitrogens with one attached hydrogen (secondary N) is 1. The highest BCUT2D eigenvalue weighted by molar-refractivity contribution is 5.93. The molecule has 25 heavy (non-hydrogen) atoms. The highest BCUT2D eigenvalue weighted by atomic mass is 16.1. The summed E-state index contributed by atoms with van der Waals surface area (Å²) in [5.41, 5.74) is 3.65. The Balaban J connectivity index is 1.62. The molecule has 0 radical (unpaired) electrons.